The van der Waals surface area contributed by atoms with E-state index in [1.54, 1.807) is 0 Å². The minimum absolute atomic E-state index is 0.0504. The molecule has 3 aromatic rings. The normalized spacial score (nSPS) is 19.9. The van der Waals surface area contributed by atoms with Gasteiger partial charge in [0.15, 0.2) is 0 Å². The van der Waals surface area contributed by atoms with Crippen molar-refractivity contribution in [1.29, 1.82) is 0 Å². The average Bonchev–Trinajstić information content (AvgIpc) is 3.31. The second-order valence-electron chi connectivity index (χ2n) is 14.2. The van der Waals surface area contributed by atoms with Crippen LogP contribution < -0.4 is 4.90 Å². The Balaban J connectivity index is 0.000000867. The van der Waals surface area contributed by atoms with Crippen LogP contribution in [-0.2, 0) is 16.5 Å². The van der Waals surface area contributed by atoms with Crippen LogP contribution in [0.1, 0.15) is 114 Å². The molecule has 3 heteroatoms. The van der Waals surface area contributed by atoms with Gasteiger partial charge in [-0.3, -0.25) is 0 Å². The molecule has 3 nitrogen and oxygen atoms in total. The molecule has 0 bridgehead atoms. The highest BCUT2D eigenvalue weighted by atomic mass is 15.4. The quantitative estimate of drug-likeness (QED) is 0.307. The van der Waals surface area contributed by atoms with Crippen molar-refractivity contribution >= 4 is 16.7 Å². The molecule has 0 spiro atoms. The molecule has 0 N–H and O–H groups in total. The van der Waals surface area contributed by atoms with Crippen LogP contribution in [0.5, 0.6) is 0 Å². The lowest BCUT2D eigenvalue weighted by molar-refractivity contribution is 0.125. The van der Waals surface area contributed by atoms with Crippen molar-refractivity contribution in [3.8, 4) is 11.4 Å². The van der Waals surface area contributed by atoms with Crippen molar-refractivity contribution in [2.45, 2.75) is 119 Å². The first kappa shape index (κ1) is 30.2. The molecule has 216 valence electrons. The Morgan fingerprint density at radius 2 is 1.45 bits per heavy atom. The summed E-state index contributed by atoms with van der Waals surface area (Å²) in [4.78, 5) is 7.83. The molecule has 0 saturated carbocycles. The van der Waals surface area contributed by atoms with Gasteiger partial charge in [0.2, 0.25) is 0 Å². The summed E-state index contributed by atoms with van der Waals surface area (Å²) < 4.78 is 2.48. The van der Waals surface area contributed by atoms with Gasteiger partial charge in [-0.15, -0.1) is 0 Å². The minimum atomic E-state index is -0.347. The molecular formula is C37H53N3. The summed E-state index contributed by atoms with van der Waals surface area (Å²) in [5, 5.41) is 0. The fourth-order valence-electron chi connectivity index (χ4n) is 6.77. The van der Waals surface area contributed by atoms with Crippen LogP contribution in [0.25, 0.3) is 22.4 Å². The number of allylic oxidation sites excluding steroid dienone is 3. The van der Waals surface area contributed by atoms with Gasteiger partial charge in [0.25, 0.3) is 0 Å². The monoisotopic (exact) mass is 539 g/mol. The molecule has 1 aliphatic carbocycles. The molecule has 1 aromatic heterocycles. The molecular weight excluding hydrogens is 486 g/mol. The summed E-state index contributed by atoms with van der Waals surface area (Å²) >= 11 is 0. The van der Waals surface area contributed by atoms with Crippen LogP contribution in [0, 0.1) is 11.3 Å². The summed E-state index contributed by atoms with van der Waals surface area (Å²) in [5.41, 5.74) is 8.72. The van der Waals surface area contributed by atoms with Gasteiger partial charge in [-0.05, 0) is 84.4 Å². The van der Waals surface area contributed by atoms with Gasteiger partial charge >= 0.3 is 0 Å². The zero-order chi connectivity index (χ0) is 29.8. The van der Waals surface area contributed by atoms with E-state index in [1.807, 2.05) is 0 Å². The van der Waals surface area contributed by atoms with E-state index in [0.717, 1.165) is 11.3 Å². The summed E-state index contributed by atoms with van der Waals surface area (Å²) in [6.07, 6.45) is 9.40. The zero-order valence-electron chi connectivity index (χ0n) is 27.5. The number of imidazole rings is 1. The number of aromatic nitrogens is 2. The highest BCUT2D eigenvalue weighted by Gasteiger charge is 2.57. The molecule has 0 atom stereocenters. The number of nitrogens with zero attached hydrogens (tertiary/aromatic N) is 3. The number of rotatable bonds is 4. The Morgan fingerprint density at radius 3 is 2.00 bits per heavy atom. The molecule has 2 aromatic carbocycles. The second kappa shape index (κ2) is 10.2. The Kier molecular flexibility index (Phi) is 7.71. The molecule has 1 aliphatic heterocycles. The molecule has 40 heavy (non-hydrogen) atoms. The number of hydrogen-bond donors (Lipinski definition) is 0. The Hall–Kier alpha value is -2.81. The van der Waals surface area contributed by atoms with Gasteiger partial charge in [0.05, 0.1) is 16.7 Å². The number of benzene rings is 2. The Labute approximate surface area is 244 Å². The summed E-state index contributed by atoms with van der Waals surface area (Å²) in [5.74, 6) is 1.50. The van der Waals surface area contributed by atoms with Gasteiger partial charge in [-0.1, -0.05) is 106 Å². The van der Waals surface area contributed by atoms with Crippen LogP contribution >= 0.6 is 0 Å². The van der Waals surface area contributed by atoms with Gasteiger partial charge in [-0.2, -0.15) is 0 Å². The smallest absolute Gasteiger partial charge is 0.145 e. The molecule has 2 heterocycles. The third-order valence-electron chi connectivity index (χ3n) is 10.3. The van der Waals surface area contributed by atoms with Crippen molar-refractivity contribution < 1.29 is 0 Å². The molecule has 0 unspecified atom stereocenters. The number of para-hydroxylation sites is 1. The SMILES string of the molecule is C/C=C\C(=C/C(C)C)N1c2ccccc2-c2nc3cc4c(cc3n2C1(C)C)C(C)(C)C(C)(C)C4(C)C.CCCC. The fraction of sp³-hybridized carbons (Fsp3) is 0.541. The van der Waals surface area contributed by atoms with Crippen molar-refractivity contribution in [3.63, 3.8) is 0 Å². The van der Waals surface area contributed by atoms with Gasteiger partial charge < -0.3 is 9.47 Å². The highest BCUT2D eigenvalue weighted by molar-refractivity contribution is 5.90. The maximum Gasteiger partial charge on any atom is 0.145 e. The van der Waals surface area contributed by atoms with Crippen molar-refractivity contribution in [2.75, 3.05) is 4.90 Å². The van der Waals surface area contributed by atoms with E-state index in [0.29, 0.717) is 5.92 Å². The number of anilines is 1. The molecule has 0 fully saturated rings. The molecule has 5 rings (SSSR count). The number of hydrogen-bond acceptors (Lipinski definition) is 2. The topological polar surface area (TPSA) is 21.1 Å². The molecule has 0 radical (unpaired) electrons. The zero-order valence-corrected chi connectivity index (χ0v) is 27.5. The number of unbranched alkanes of at least 4 members (excludes halogenated alkanes) is 1. The maximum absolute atomic E-state index is 5.33. The predicted octanol–water partition coefficient (Wildman–Crippen LogP) is 10.7. The summed E-state index contributed by atoms with van der Waals surface area (Å²) in [6, 6.07) is 13.6. The highest BCUT2D eigenvalue weighted by Crippen LogP contribution is 2.62. The van der Waals surface area contributed by atoms with E-state index in [4.69, 9.17) is 4.98 Å². The van der Waals surface area contributed by atoms with Crippen LogP contribution in [0.3, 0.4) is 0 Å². The van der Waals surface area contributed by atoms with Crippen LogP contribution in [0.15, 0.2) is 60.3 Å². The van der Waals surface area contributed by atoms with E-state index >= 15 is 0 Å². The van der Waals surface area contributed by atoms with E-state index in [-0.39, 0.29) is 21.9 Å². The molecule has 2 aliphatic rings. The number of fused-ring (bicyclic) bond motifs is 6. The van der Waals surface area contributed by atoms with Crippen molar-refractivity contribution in [3.05, 3.63) is 71.5 Å². The van der Waals surface area contributed by atoms with Crippen LogP contribution in [0.4, 0.5) is 5.69 Å². The maximum atomic E-state index is 5.33. The van der Waals surface area contributed by atoms with Crippen molar-refractivity contribution in [1.82, 2.24) is 9.55 Å². The van der Waals surface area contributed by atoms with Gasteiger partial charge in [-0.25, -0.2) is 4.98 Å². The second-order valence-corrected chi connectivity index (χ2v) is 14.2. The molecule has 0 saturated heterocycles. The van der Waals surface area contributed by atoms with E-state index in [9.17, 15) is 0 Å². The summed E-state index contributed by atoms with van der Waals surface area (Å²) in [6.45, 7) is 30.1. The van der Waals surface area contributed by atoms with E-state index in [2.05, 4.69) is 154 Å². The van der Waals surface area contributed by atoms with Gasteiger partial charge in [0, 0.05) is 11.3 Å². The first-order chi connectivity index (χ1) is 18.6. The van der Waals surface area contributed by atoms with E-state index < -0.39 is 0 Å². The largest absolute Gasteiger partial charge is 0.318 e. The average molecular weight is 540 g/mol. The Bertz CT molecular complexity index is 1450. The van der Waals surface area contributed by atoms with Gasteiger partial charge in [0.1, 0.15) is 11.5 Å². The predicted molar refractivity (Wildman–Crippen MR) is 175 cm³/mol. The lowest BCUT2D eigenvalue weighted by atomic mass is 9.59. The minimum Gasteiger partial charge on any atom is -0.318 e. The standard InChI is InChI=1S/C33H43N3.C4H10/c1-12-15-22(18-21(2)3)35-27-17-14-13-16-23(27)29-34-26-19-24-25(20-28(26)36(29)33(35,10)11)31(6,7)32(8,9)30(24,4)5;1-3-4-2/h12-21H,1-11H3;3-4H2,1-2H3/b15-12-,22-18+;. The van der Waals surface area contributed by atoms with Crippen LogP contribution in [0.2, 0.25) is 0 Å². The fourth-order valence-corrected chi connectivity index (χ4v) is 6.77. The lowest BCUT2D eigenvalue weighted by Crippen LogP contribution is -2.48. The summed E-state index contributed by atoms with van der Waals surface area (Å²) in [7, 11) is 0. The van der Waals surface area contributed by atoms with Crippen molar-refractivity contribution in [2.24, 2.45) is 11.3 Å². The molecule has 0 amide bonds. The first-order valence-electron chi connectivity index (χ1n) is 15.4. The Morgan fingerprint density at radius 1 is 0.875 bits per heavy atom. The third kappa shape index (κ3) is 4.27. The van der Waals surface area contributed by atoms with Crippen LogP contribution in [-0.4, -0.2) is 9.55 Å². The van der Waals surface area contributed by atoms with E-state index in [1.165, 1.54) is 46.4 Å². The third-order valence-corrected chi connectivity index (χ3v) is 10.3. The lowest BCUT2D eigenvalue weighted by Gasteiger charge is -2.47. The first-order valence-corrected chi connectivity index (χ1v) is 15.4.